The average molecular weight is 436 g/mol. The highest BCUT2D eigenvalue weighted by Gasteiger charge is 2.34. The minimum atomic E-state index is -3.20. The molecule has 4 heterocycles. The summed E-state index contributed by atoms with van der Waals surface area (Å²) in [4.78, 5) is 32.0. The molecule has 4 rings (SSSR count). The van der Waals surface area contributed by atoms with E-state index in [1.54, 1.807) is 6.92 Å². The molecule has 2 aromatic heterocycles. The summed E-state index contributed by atoms with van der Waals surface area (Å²) in [5.41, 5.74) is 2.79. The molecular formula is C20H29N5O4S. The molecule has 1 N–H and O–H groups in total. The molecule has 2 saturated heterocycles. The Labute approximate surface area is 176 Å². The van der Waals surface area contributed by atoms with Crippen LogP contribution in [0.15, 0.2) is 10.9 Å². The van der Waals surface area contributed by atoms with Gasteiger partial charge >= 0.3 is 0 Å². The summed E-state index contributed by atoms with van der Waals surface area (Å²) in [7, 11) is -3.20. The topological polar surface area (TPSA) is 108 Å². The van der Waals surface area contributed by atoms with Gasteiger partial charge in [0, 0.05) is 61.0 Å². The summed E-state index contributed by atoms with van der Waals surface area (Å²) in [6.45, 7) is 5.74. The van der Waals surface area contributed by atoms with Crippen LogP contribution < -0.4 is 5.56 Å². The molecule has 0 aromatic carbocycles. The van der Waals surface area contributed by atoms with Gasteiger partial charge in [0.05, 0.1) is 6.26 Å². The van der Waals surface area contributed by atoms with E-state index in [1.807, 2.05) is 17.9 Å². The van der Waals surface area contributed by atoms with Crippen LogP contribution in [0, 0.1) is 19.8 Å². The number of aryl methyl sites for hydroxylation is 1. The Morgan fingerprint density at radius 1 is 1.17 bits per heavy atom. The van der Waals surface area contributed by atoms with Gasteiger partial charge in [-0.25, -0.2) is 22.2 Å². The second-order valence-corrected chi connectivity index (χ2v) is 10.6. The number of fused-ring (bicyclic) bond motifs is 1. The lowest BCUT2D eigenvalue weighted by atomic mass is 9.91. The number of carbonyl (C=O) groups excluding carboxylic acids is 1. The van der Waals surface area contributed by atoms with E-state index in [0.717, 1.165) is 30.8 Å². The first kappa shape index (κ1) is 21.0. The van der Waals surface area contributed by atoms with E-state index in [-0.39, 0.29) is 23.3 Å². The first-order chi connectivity index (χ1) is 14.1. The predicted molar refractivity (Wildman–Crippen MR) is 113 cm³/mol. The Morgan fingerprint density at radius 3 is 2.53 bits per heavy atom. The standard InChI is InChI=1S/C20H29N5O4S/c1-13-14(2)21-18-11-17(22-25(18)19(13)26)16-5-4-8-23(12-16)20(27)15-6-9-24(10-7-15)30(3,28)29/h11,15-16,22H,4-10,12H2,1-3H3. The molecule has 164 valence electrons. The van der Waals surface area contributed by atoms with E-state index in [0.29, 0.717) is 43.7 Å². The molecule has 1 unspecified atom stereocenters. The Hall–Kier alpha value is -2.20. The van der Waals surface area contributed by atoms with E-state index in [4.69, 9.17) is 0 Å². The number of aromatic nitrogens is 3. The first-order valence-corrected chi connectivity index (χ1v) is 12.3. The first-order valence-electron chi connectivity index (χ1n) is 10.5. The molecular weight excluding hydrogens is 406 g/mol. The molecule has 9 nitrogen and oxygen atoms in total. The molecule has 0 spiro atoms. The van der Waals surface area contributed by atoms with Crippen LogP contribution in [0.5, 0.6) is 0 Å². The average Bonchev–Trinajstić information content (AvgIpc) is 3.15. The molecule has 1 atom stereocenters. The van der Waals surface area contributed by atoms with Crippen molar-refractivity contribution >= 4 is 21.6 Å². The predicted octanol–water partition coefficient (Wildman–Crippen LogP) is 1.02. The van der Waals surface area contributed by atoms with Crippen molar-refractivity contribution in [3.8, 4) is 0 Å². The number of rotatable bonds is 3. The lowest BCUT2D eigenvalue weighted by molar-refractivity contribution is -0.138. The van der Waals surface area contributed by atoms with Crippen LogP contribution in [0.25, 0.3) is 5.65 Å². The number of sulfonamides is 1. The molecule has 2 fully saturated rings. The molecule has 0 radical (unpaired) electrons. The SMILES string of the molecule is Cc1nc2cc(C3CCCN(C(=O)C4CCN(S(C)(=O)=O)CC4)C3)[nH]n2c(=O)c1C. The fourth-order valence-corrected chi connectivity index (χ4v) is 5.44. The van der Waals surface area contributed by atoms with Crippen molar-refractivity contribution in [1.82, 2.24) is 23.8 Å². The summed E-state index contributed by atoms with van der Waals surface area (Å²) in [5, 5.41) is 3.19. The molecule has 0 bridgehead atoms. The van der Waals surface area contributed by atoms with Crippen molar-refractivity contribution in [2.45, 2.75) is 45.4 Å². The third kappa shape index (κ3) is 3.90. The molecule has 0 aliphatic carbocycles. The summed E-state index contributed by atoms with van der Waals surface area (Å²) < 4.78 is 26.3. The molecule has 2 aliphatic rings. The van der Waals surface area contributed by atoms with Crippen molar-refractivity contribution < 1.29 is 13.2 Å². The minimum absolute atomic E-state index is 0.0925. The highest BCUT2D eigenvalue weighted by molar-refractivity contribution is 7.88. The summed E-state index contributed by atoms with van der Waals surface area (Å²) in [6.07, 6.45) is 4.19. The number of piperidine rings is 2. The van der Waals surface area contributed by atoms with Crippen LogP contribution in [-0.4, -0.2) is 70.6 Å². The molecule has 10 heteroatoms. The number of aromatic amines is 1. The van der Waals surface area contributed by atoms with Gasteiger partial charge in [0.1, 0.15) is 0 Å². The quantitative estimate of drug-likeness (QED) is 0.774. The number of hydrogen-bond acceptors (Lipinski definition) is 5. The molecule has 1 amide bonds. The van der Waals surface area contributed by atoms with E-state index in [2.05, 4.69) is 10.1 Å². The van der Waals surface area contributed by atoms with Crippen molar-refractivity contribution in [2.24, 2.45) is 5.92 Å². The fraction of sp³-hybridized carbons (Fsp3) is 0.650. The molecule has 2 aromatic rings. The molecule has 0 saturated carbocycles. The van der Waals surface area contributed by atoms with Gasteiger partial charge in [0.15, 0.2) is 5.65 Å². The Kier molecular flexibility index (Phi) is 5.48. The maximum Gasteiger partial charge on any atom is 0.275 e. The number of hydrogen-bond donors (Lipinski definition) is 1. The van der Waals surface area contributed by atoms with E-state index in [9.17, 15) is 18.0 Å². The second-order valence-electron chi connectivity index (χ2n) is 8.59. The zero-order valence-corrected chi connectivity index (χ0v) is 18.5. The van der Waals surface area contributed by atoms with E-state index in [1.165, 1.54) is 15.1 Å². The van der Waals surface area contributed by atoms with Crippen molar-refractivity contribution in [2.75, 3.05) is 32.4 Å². The van der Waals surface area contributed by atoms with Gasteiger partial charge in [-0.05, 0) is 39.5 Å². The maximum atomic E-state index is 13.1. The van der Waals surface area contributed by atoms with Gasteiger partial charge < -0.3 is 4.90 Å². The number of H-pyrrole nitrogens is 1. The lowest BCUT2D eigenvalue weighted by Gasteiger charge is -2.37. The third-order valence-corrected chi connectivity index (χ3v) is 7.85. The molecule has 30 heavy (non-hydrogen) atoms. The van der Waals surface area contributed by atoms with Gasteiger partial charge in [-0.3, -0.25) is 14.7 Å². The van der Waals surface area contributed by atoms with Crippen LogP contribution in [0.4, 0.5) is 0 Å². The van der Waals surface area contributed by atoms with Gasteiger partial charge in [-0.2, -0.15) is 0 Å². The second kappa shape index (κ2) is 7.81. The number of nitrogens with zero attached hydrogens (tertiary/aromatic N) is 4. The van der Waals surface area contributed by atoms with Crippen LogP contribution >= 0.6 is 0 Å². The summed E-state index contributed by atoms with van der Waals surface area (Å²) in [5.74, 6) is 0.116. The monoisotopic (exact) mass is 435 g/mol. The van der Waals surface area contributed by atoms with Crippen molar-refractivity contribution in [3.05, 3.63) is 33.4 Å². The van der Waals surface area contributed by atoms with Gasteiger partial charge in [0.25, 0.3) is 5.56 Å². The normalized spacial score (nSPS) is 22.0. The van der Waals surface area contributed by atoms with Gasteiger partial charge in [-0.1, -0.05) is 0 Å². The Morgan fingerprint density at radius 2 is 1.87 bits per heavy atom. The van der Waals surface area contributed by atoms with Gasteiger partial charge in [-0.15, -0.1) is 0 Å². The number of nitrogens with one attached hydrogen (secondary N) is 1. The third-order valence-electron chi connectivity index (χ3n) is 6.55. The smallest absolute Gasteiger partial charge is 0.275 e. The largest absolute Gasteiger partial charge is 0.342 e. The van der Waals surface area contributed by atoms with Crippen molar-refractivity contribution in [1.29, 1.82) is 0 Å². The lowest BCUT2D eigenvalue weighted by Crippen LogP contribution is -2.46. The summed E-state index contributed by atoms with van der Waals surface area (Å²) in [6, 6.07) is 1.91. The van der Waals surface area contributed by atoms with E-state index < -0.39 is 10.0 Å². The Bertz CT molecular complexity index is 1130. The Balaban J connectivity index is 1.47. The number of amides is 1. The minimum Gasteiger partial charge on any atom is -0.342 e. The highest BCUT2D eigenvalue weighted by atomic mass is 32.2. The zero-order valence-electron chi connectivity index (χ0n) is 17.7. The van der Waals surface area contributed by atoms with Crippen LogP contribution in [0.2, 0.25) is 0 Å². The highest BCUT2D eigenvalue weighted by Crippen LogP contribution is 2.29. The number of carbonyl (C=O) groups is 1. The summed E-state index contributed by atoms with van der Waals surface area (Å²) >= 11 is 0. The van der Waals surface area contributed by atoms with Gasteiger partial charge in [0.2, 0.25) is 15.9 Å². The van der Waals surface area contributed by atoms with Crippen molar-refractivity contribution in [3.63, 3.8) is 0 Å². The van der Waals surface area contributed by atoms with E-state index >= 15 is 0 Å². The zero-order chi connectivity index (χ0) is 21.6. The van der Waals surface area contributed by atoms with Crippen LogP contribution in [0.3, 0.4) is 0 Å². The number of likely N-dealkylation sites (tertiary alicyclic amines) is 1. The fourth-order valence-electron chi connectivity index (χ4n) is 4.57. The molecule has 2 aliphatic heterocycles. The van der Waals surface area contributed by atoms with Crippen LogP contribution in [0.1, 0.15) is 48.6 Å². The van der Waals surface area contributed by atoms with Crippen LogP contribution in [-0.2, 0) is 14.8 Å². The maximum absolute atomic E-state index is 13.1.